The van der Waals surface area contributed by atoms with Gasteiger partial charge in [-0.2, -0.15) is 0 Å². The SMILES string of the molecule is Cc1cc(C)cc(NS(=O)(=O)c2ccc(NC(=O)c3cc(Cl)cc(Cl)c3)cc2)c1. The zero-order valence-corrected chi connectivity index (χ0v) is 18.0. The standard InChI is InChI=1S/C21H18Cl2N2O3S/c1-13-7-14(2)9-19(8-13)25-29(27,28)20-5-3-18(4-6-20)24-21(26)15-10-16(22)12-17(23)11-15/h3-12,25H,1-2H3,(H,24,26). The molecule has 150 valence electrons. The maximum absolute atomic E-state index is 12.6. The van der Waals surface area contributed by atoms with Crippen LogP contribution in [0.5, 0.6) is 0 Å². The molecule has 0 aliphatic heterocycles. The zero-order chi connectivity index (χ0) is 21.2. The molecule has 0 spiro atoms. The van der Waals surface area contributed by atoms with Crippen LogP contribution in [-0.4, -0.2) is 14.3 Å². The molecular weight excluding hydrogens is 431 g/mol. The molecular formula is C21H18Cl2N2O3S. The Labute approximate surface area is 179 Å². The van der Waals surface area contributed by atoms with E-state index in [1.165, 1.54) is 42.5 Å². The van der Waals surface area contributed by atoms with Crippen LogP contribution in [0, 0.1) is 13.8 Å². The average molecular weight is 449 g/mol. The number of sulfonamides is 1. The smallest absolute Gasteiger partial charge is 0.261 e. The van der Waals surface area contributed by atoms with Gasteiger partial charge in [-0.25, -0.2) is 8.42 Å². The van der Waals surface area contributed by atoms with Crippen LogP contribution in [0.1, 0.15) is 21.5 Å². The van der Waals surface area contributed by atoms with E-state index < -0.39 is 15.9 Å². The molecule has 3 aromatic carbocycles. The number of hydrogen-bond donors (Lipinski definition) is 2. The molecule has 0 saturated carbocycles. The topological polar surface area (TPSA) is 75.3 Å². The van der Waals surface area contributed by atoms with E-state index in [-0.39, 0.29) is 4.90 Å². The highest BCUT2D eigenvalue weighted by atomic mass is 35.5. The highest BCUT2D eigenvalue weighted by Crippen LogP contribution is 2.22. The van der Waals surface area contributed by atoms with Crippen molar-refractivity contribution in [3.8, 4) is 0 Å². The number of carbonyl (C=O) groups excluding carboxylic acids is 1. The van der Waals surface area contributed by atoms with Gasteiger partial charge in [0.25, 0.3) is 15.9 Å². The quantitative estimate of drug-likeness (QED) is 0.528. The Kier molecular flexibility index (Phi) is 6.17. The summed E-state index contributed by atoms with van der Waals surface area (Å²) >= 11 is 11.8. The Hall–Kier alpha value is -2.54. The van der Waals surface area contributed by atoms with Gasteiger partial charge in [-0.15, -0.1) is 0 Å². The van der Waals surface area contributed by atoms with Crippen LogP contribution in [0.15, 0.2) is 65.6 Å². The molecule has 3 rings (SSSR count). The van der Waals surface area contributed by atoms with Crippen molar-refractivity contribution in [3.05, 3.63) is 87.4 Å². The number of nitrogens with one attached hydrogen (secondary N) is 2. The maximum Gasteiger partial charge on any atom is 0.261 e. The van der Waals surface area contributed by atoms with Crippen LogP contribution in [-0.2, 0) is 10.0 Å². The number of hydrogen-bond acceptors (Lipinski definition) is 3. The minimum Gasteiger partial charge on any atom is -0.322 e. The lowest BCUT2D eigenvalue weighted by Gasteiger charge is -2.11. The Morgan fingerprint density at radius 2 is 1.34 bits per heavy atom. The number of halogens is 2. The normalized spacial score (nSPS) is 11.2. The monoisotopic (exact) mass is 448 g/mol. The Balaban J connectivity index is 1.75. The van der Waals surface area contributed by atoms with Gasteiger partial charge in [-0.1, -0.05) is 29.3 Å². The van der Waals surface area contributed by atoms with E-state index in [9.17, 15) is 13.2 Å². The number of rotatable bonds is 5. The van der Waals surface area contributed by atoms with Gasteiger partial charge in [0.15, 0.2) is 0 Å². The first kappa shape index (κ1) is 21.2. The lowest BCUT2D eigenvalue weighted by atomic mass is 10.1. The predicted octanol–water partition coefficient (Wildman–Crippen LogP) is 5.66. The summed E-state index contributed by atoms with van der Waals surface area (Å²) in [5.74, 6) is -0.404. The van der Waals surface area contributed by atoms with E-state index in [4.69, 9.17) is 23.2 Å². The third-order valence-electron chi connectivity index (χ3n) is 4.02. The number of aryl methyl sites for hydroxylation is 2. The number of benzene rings is 3. The maximum atomic E-state index is 12.6. The minimum absolute atomic E-state index is 0.0838. The summed E-state index contributed by atoms with van der Waals surface area (Å²) in [5, 5.41) is 3.38. The van der Waals surface area contributed by atoms with Crippen molar-refractivity contribution >= 4 is 50.5 Å². The number of anilines is 2. The lowest BCUT2D eigenvalue weighted by molar-refractivity contribution is 0.102. The third kappa shape index (κ3) is 5.50. The van der Waals surface area contributed by atoms with E-state index in [0.29, 0.717) is 27.0 Å². The van der Waals surface area contributed by atoms with Crippen molar-refractivity contribution < 1.29 is 13.2 Å². The molecule has 0 atom stereocenters. The first-order chi connectivity index (χ1) is 13.6. The Morgan fingerprint density at radius 1 is 0.793 bits per heavy atom. The second-order valence-corrected chi connectivity index (χ2v) is 9.17. The van der Waals surface area contributed by atoms with Gasteiger partial charge in [0.1, 0.15) is 0 Å². The van der Waals surface area contributed by atoms with E-state index >= 15 is 0 Å². The molecule has 0 bridgehead atoms. The molecule has 0 unspecified atom stereocenters. The first-order valence-corrected chi connectivity index (χ1v) is 10.8. The van der Waals surface area contributed by atoms with Gasteiger partial charge in [0.05, 0.1) is 4.90 Å². The zero-order valence-electron chi connectivity index (χ0n) is 15.7. The summed E-state index contributed by atoms with van der Waals surface area (Å²) in [7, 11) is -3.75. The molecule has 0 fully saturated rings. The predicted molar refractivity (Wildman–Crippen MR) is 118 cm³/mol. The molecule has 0 radical (unpaired) electrons. The summed E-state index contributed by atoms with van der Waals surface area (Å²) in [6.45, 7) is 3.80. The second-order valence-electron chi connectivity index (χ2n) is 6.62. The van der Waals surface area contributed by atoms with Crippen molar-refractivity contribution in [2.45, 2.75) is 18.7 Å². The van der Waals surface area contributed by atoms with E-state index in [1.807, 2.05) is 19.9 Å². The van der Waals surface area contributed by atoms with Gasteiger partial charge in [-0.05, 0) is 79.6 Å². The van der Waals surface area contributed by atoms with Crippen molar-refractivity contribution in [2.75, 3.05) is 10.0 Å². The van der Waals surface area contributed by atoms with Gasteiger partial charge in [-0.3, -0.25) is 9.52 Å². The molecule has 0 aliphatic rings. The number of carbonyl (C=O) groups is 1. The van der Waals surface area contributed by atoms with Crippen LogP contribution in [0.25, 0.3) is 0 Å². The van der Waals surface area contributed by atoms with Crippen molar-refractivity contribution in [1.82, 2.24) is 0 Å². The highest BCUT2D eigenvalue weighted by molar-refractivity contribution is 7.92. The summed E-state index contributed by atoms with van der Waals surface area (Å²) in [6.07, 6.45) is 0. The molecule has 5 nitrogen and oxygen atoms in total. The van der Waals surface area contributed by atoms with Crippen LogP contribution in [0.2, 0.25) is 10.0 Å². The van der Waals surface area contributed by atoms with Crippen molar-refractivity contribution in [2.24, 2.45) is 0 Å². The van der Waals surface area contributed by atoms with Gasteiger partial charge in [0, 0.05) is 27.0 Å². The van der Waals surface area contributed by atoms with Crippen LogP contribution in [0.4, 0.5) is 11.4 Å². The summed E-state index contributed by atoms with van der Waals surface area (Å²) in [5.41, 5.74) is 3.16. The average Bonchev–Trinajstić information content (AvgIpc) is 2.60. The molecule has 0 heterocycles. The van der Waals surface area contributed by atoms with Crippen LogP contribution in [0.3, 0.4) is 0 Å². The molecule has 2 N–H and O–H groups in total. The number of amides is 1. The van der Waals surface area contributed by atoms with E-state index in [1.54, 1.807) is 12.1 Å². The Bertz CT molecular complexity index is 1140. The fourth-order valence-electron chi connectivity index (χ4n) is 2.85. The largest absolute Gasteiger partial charge is 0.322 e. The fourth-order valence-corrected chi connectivity index (χ4v) is 4.42. The summed E-state index contributed by atoms with van der Waals surface area (Å²) in [4.78, 5) is 12.4. The molecule has 0 saturated heterocycles. The fraction of sp³-hybridized carbons (Fsp3) is 0.0952. The lowest BCUT2D eigenvalue weighted by Crippen LogP contribution is -2.14. The Morgan fingerprint density at radius 3 is 1.90 bits per heavy atom. The molecule has 1 amide bonds. The molecule has 0 aliphatic carbocycles. The second kappa shape index (κ2) is 8.45. The van der Waals surface area contributed by atoms with Gasteiger partial charge in [0.2, 0.25) is 0 Å². The first-order valence-electron chi connectivity index (χ1n) is 8.61. The molecule has 0 aromatic heterocycles. The highest BCUT2D eigenvalue weighted by Gasteiger charge is 2.15. The third-order valence-corrected chi connectivity index (χ3v) is 5.85. The molecule has 3 aromatic rings. The minimum atomic E-state index is -3.75. The van der Waals surface area contributed by atoms with Crippen LogP contribution < -0.4 is 10.0 Å². The van der Waals surface area contributed by atoms with E-state index in [2.05, 4.69) is 10.0 Å². The summed E-state index contributed by atoms with van der Waals surface area (Å²) < 4.78 is 27.8. The van der Waals surface area contributed by atoms with E-state index in [0.717, 1.165) is 11.1 Å². The summed E-state index contributed by atoms with van der Waals surface area (Å²) in [6, 6.07) is 15.9. The van der Waals surface area contributed by atoms with Crippen molar-refractivity contribution in [3.63, 3.8) is 0 Å². The molecule has 8 heteroatoms. The van der Waals surface area contributed by atoms with Gasteiger partial charge >= 0.3 is 0 Å². The van der Waals surface area contributed by atoms with Crippen molar-refractivity contribution in [1.29, 1.82) is 0 Å². The van der Waals surface area contributed by atoms with Crippen LogP contribution >= 0.6 is 23.2 Å². The van der Waals surface area contributed by atoms with Gasteiger partial charge < -0.3 is 5.32 Å². The molecule has 29 heavy (non-hydrogen) atoms.